The fourth-order valence-corrected chi connectivity index (χ4v) is 2.03. The van der Waals surface area contributed by atoms with E-state index in [1.165, 1.54) is 16.7 Å². The van der Waals surface area contributed by atoms with Crippen LogP contribution in [0.5, 0.6) is 0 Å². The fourth-order valence-electron chi connectivity index (χ4n) is 1.31. The maximum Gasteiger partial charge on any atom is 0.355 e. The predicted octanol–water partition coefficient (Wildman–Crippen LogP) is 1.89. The van der Waals surface area contributed by atoms with Gasteiger partial charge in [-0.25, -0.2) is 9.78 Å². The van der Waals surface area contributed by atoms with E-state index in [4.69, 9.17) is 5.11 Å². The molecule has 0 radical (unpaired) electrons. The normalized spacial score (nSPS) is 10.1. The van der Waals surface area contributed by atoms with Crippen molar-refractivity contribution in [2.75, 3.05) is 11.9 Å². The first kappa shape index (κ1) is 11.5. The lowest BCUT2D eigenvalue weighted by Gasteiger charge is -2.01. The molecule has 0 saturated heterocycles. The number of nitrogens with one attached hydrogen (secondary N) is 1. The first-order valence-corrected chi connectivity index (χ1v) is 5.95. The van der Waals surface area contributed by atoms with Crippen molar-refractivity contribution in [2.24, 2.45) is 0 Å². The minimum Gasteiger partial charge on any atom is -0.476 e. The fraction of sp³-hybridized carbons (Fsp3) is 0.182. The van der Waals surface area contributed by atoms with Crippen LogP contribution in [0, 0.1) is 0 Å². The van der Waals surface area contributed by atoms with Crippen molar-refractivity contribution in [1.29, 1.82) is 0 Å². The van der Waals surface area contributed by atoms with Gasteiger partial charge in [0.05, 0.1) is 0 Å². The minimum absolute atomic E-state index is 0.0823. The van der Waals surface area contributed by atoms with Gasteiger partial charge in [-0.3, -0.25) is 4.98 Å². The molecule has 17 heavy (non-hydrogen) atoms. The van der Waals surface area contributed by atoms with Gasteiger partial charge in [0.1, 0.15) is 0 Å². The minimum atomic E-state index is -0.999. The topological polar surface area (TPSA) is 75.1 Å². The van der Waals surface area contributed by atoms with Gasteiger partial charge < -0.3 is 10.4 Å². The lowest BCUT2D eigenvalue weighted by molar-refractivity contribution is 0.0691. The monoisotopic (exact) mass is 249 g/mol. The standard InChI is InChI=1S/C11H11N3O2S/c15-10(16)9-7-17-11(14-9)13-5-3-8-2-1-4-12-6-8/h1-2,4,6-7H,3,5H2,(H,13,14)(H,15,16). The summed E-state index contributed by atoms with van der Waals surface area (Å²) in [7, 11) is 0. The Morgan fingerprint density at radius 1 is 1.53 bits per heavy atom. The number of anilines is 1. The Morgan fingerprint density at radius 3 is 3.06 bits per heavy atom. The van der Waals surface area contributed by atoms with E-state index in [1.54, 1.807) is 6.20 Å². The van der Waals surface area contributed by atoms with Crippen LogP contribution in [0.4, 0.5) is 5.13 Å². The van der Waals surface area contributed by atoms with Crippen LogP contribution in [0.3, 0.4) is 0 Å². The molecule has 0 bridgehead atoms. The summed E-state index contributed by atoms with van der Waals surface area (Å²) in [4.78, 5) is 18.6. The van der Waals surface area contributed by atoms with Crippen molar-refractivity contribution < 1.29 is 9.90 Å². The van der Waals surface area contributed by atoms with Crippen LogP contribution in [0.1, 0.15) is 16.1 Å². The van der Waals surface area contributed by atoms with Gasteiger partial charge in [-0.1, -0.05) is 6.07 Å². The Hall–Kier alpha value is -1.95. The summed E-state index contributed by atoms with van der Waals surface area (Å²) in [6.45, 7) is 0.707. The maximum absolute atomic E-state index is 10.6. The first-order valence-electron chi connectivity index (χ1n) is 5.07. The molecule has 0 aromatic carbocycles. The molecule has 0 amide bonds. The lowest BCUT2D eigenvalue weighted by atomic mass is 10.2. The Labute approximate surface area is 102 Å². The number of carboxylic acid groups (broad SMARTS) is 1. The highest BCUT2D eigenvalue weighted by Crippen LogP contribution is 2.15. The maximum atomic E-state index is 10.6. The van der Waals surface area contributed by atoms with Crippen molar-refractivity contribution in [2.45, 2.75) is 6.42 Å². The van der Waals surface area contributed by atoms with Crippen molar-refractivity contribution >= 4 is 22.4 Å². The molecule has 88 valence electrons. The quantitative estimate of drug-likeness (QED) is 0.846. The van der Waals surface area contributed by atoms with Crippen molar-refractivity contribution in [1.82, 2.24) is 9.97 Å². The van der Waals surface area contributed by atoms with E-state index >= 15 is 0 Å². The van der Waals surface area contributed by atoms with Crippen LogP contribution < -0.4 is 5.32 Å². The van der Waals surface area contributed by atoms with Gasteiger partial charge in [-0.05, 0) is 18.1 Å². The second-order valence-corrected chi connectivity index (χ2v) is 4.24. The largest absolute Gasteiger partial charge is 0.476 e. The molecule has 5 nitrogen and oxygen atoms in total. The van der Waals surface area contributed by atoms with E-state index in [1.807, 2.05) is 18.3 Å². The smallest absolute Gasteiger partial charge is 0.355 e. The van der Waals surface area contributed by atoms with Crippen molar-refractivity contribution in [3.8, 4) is 0 Å². The summed E-state index contributed by atoms with van der Waals surface area (Å²) in [6, 6.07) is 3.89. The highest BCUT2D eigenvalue weighted by Gasteiger charge is 2.07. The number of nitrogens with zero attached hydrogens (tertiary/aromatic N) is 2. The third kappa shape index (κ3) is 3.25. The molecule has 2 heterocycles. The van der Waals surface area contributed by atoms with E-state index in [0.717, 1.165) is 12.0 Å². The number of thiazole rings is 1. The summed E-state index contributed by atoms with van der Waals surface area (Å²) in [6.07, 6.45) is 4.37. The van der Waals surface area contributed by atoms with Crippen LogP contribution in [0.25, 0.3) is 0 Å². The average molecular weight is 249 g/mol. The summed E-state index contributed by atoms with van der Waals surface area (Å²) in [5, 5.41) is 13.9. The molecule has 0 spiro atoms. The van der Waals surface area contributed by atoms with E-state index in [0.29, 0.717) is 11.7 Å². The second-order valence-electron chi connectivity index (χ2n) is 3.38. The molecular formula is C11H11N3O2S. The molecule has 6 heteroatoms. The van der Waals surface area contributed by atoms with Crippen LogP contribution in [0.2, 0.25) is 0 Å². The van der Waals surface area contributed by atoms with Crippen LogP contribution >= 0.6 is 11.3 Å². The van der Waals surface area contributed by atoms with Crippen LogP contribution in [0.15, 0.2) is 29.9 Å². The van der Waals surface area contributed by atoms with Gasteiger partial charge in [-0.2, -0.15) is 0 Å². The number of hydrogen-bond donors (Lipinski definition) is 2. The number of hydrogen-bond acceptors (Lipinski definition) is 5. The summed E-state index contributed by atoms with van der Waals surface area (Å²) in [5.74, 6) is -0.999. The molecule has 0 aliphatic carbocycles. The van der Waals surface area contributed by atoms with E-state index in [-0.39, 0.29) is 5.69 Å². The molecule has 0 atom stereocenters. The van der Waals surface area contributed by atoms with Gasteiger partial charge in [-0.15, -0.1) is 11.3 Å². The molecular weight excluding hydrogens is 238 g/mol. The van der Waals surface area contributed by atoms with Crippen molar-refractivity contribution in [3.05, 3.63) is 41.2 Å². The molecule has 0 unspecified atom stereocenters. The number of rotatable bonds is 5. The predicted molar refractivity (Wildman–Crippen MR) is 65.5 cm³/mol. The zero-order chi connectivity index (χ0) is 12.1. The Kier molecular flexibility index (Phi) is 3.66. The van der Waals surface area contributed by atoms with E-state index in [9.17, 15) is 4.79 Å². The number of carboxylic acids is 1. The lowest BCUT2D eigenvalue weighted by Crippen LogP contribution is -2.05. The number of pyridine rings is 1. The van der Waals surface area contributed by atoms with Gasteiger partial charge >= 0.3 is 5.97 Å². The van der Waals surface area contributed by atoms with E-state index in [2.05, 4.69) is 15.3 Å². The highest BCUT2D eigenvalue weighted by molar-refractivity contribution is 7.13. The summed E-state index contributed by atoms with van der Waals surface area (Å²) in [5.41, 5.74) is 1.22. The number of aromatic nitrogens is 2. The second kappa shape index (κ2) is 5.40. The summed E-state index contributed by atoms with van der Waals surface area (Å²) >= 11 is 1.29. The zero-order valence-corrected chi connectivity index (χ0v) is 9.78. The molecule has 0 aliphatic heterocycles. The first-order chi connectivity index (χ1) is 8.25. The third-order valence-electron chi connectivity index (χ3n) is 2.14. The third-order valence-corrected chi connectivity index (χ3v) is 2.94. The molecule has 0 fully saturated rings. The molecule has 0 aliphatic rings. The van der Waals surface area contributed by atoms with E-state index < -0.39 is 5.97 Å². The molecule has 2 rings (SSSR count). The summed E-state index contributed by atoms with van der Waals surface area (Å²) < 4.78 is 0. The Bertz CT molecular complexity index is 498. The zero-order valence-electron chi connectivity index (χ0n) is 8.96. The van der Waals surface area contributed by atoms with Gasteiger partial charge in [0.25, 0.3) is 0 Å². The number of aromatic carboxylic acids is 1. The molecule has 2 aromatic heterocycles. The number of carbonyl (C=O) groups is 1. The Morgan fingerprint density at radius 2 is 2.41 bits per heavy atom. The van der Waals surface area contributed by atoms with Gasteiger partial charge in [0.15, 0.2) is 10.8 Å². The Balaban J connectivity index is 1.84. The van der Waals surface area contributed by atoms with Gasteiger partial charge in [0.2, 0.25) is 0 Å². The highest BCUT2D eigenvalue weighted by atomic mass is 32.1. The SMILES string of the molecule is O=C(O)c1csc(NCCc2cccnc2)n1. The van der Waals surface area contributed by atoms with Crippen molar-refractivity contribution in [3.63, 3.8) is 0 Å². The molecule has 2 aromatic rings. The van der Waals surface area contributed by atoms with Crippen LogP contribution in [-0.4, -0.2) is 27.6 Å². The van der Waals surface area contributed by atoms with Crippen LogP contribution in [-0.2, 0) is 6.42 Å². The van der Waals surface area contributed by atoms with Gasteiger partial charge in [0, 0.05) is 24.3 Å². The molecule has 2 N–H and O–H groups in total. The molecule has 0 saturated carbocycles. The average Bonchev–Trinajstić information content (AvgIpc) is 2.79.